The average molecular weight is 383 g/mol. The van der Waals surface area contributed by atoms with Gasteiger partial charge < -0.3 is 0 Å². The Morgan fingerprint density at radius 2 is 1.20 bits per heavy atom. The van der Waals surface area contributed by atoms with Gasteiger partial charge in [-0.15, -0.1) is 7.92 Å². The molecular weight excluding hydrogens is 338 g/mol. The highest BCUT2D eigenvalue weighted by Gasteiger charge is 2.42. The summed E-state index contributed by atoms with van der Waals surface area (Å²) < 4.78 is 0. The molecule has 0 saturated heterocycles. The minimum absolute atomic E-state index is 0.280. The minimum Gasteiger partial charge on any atom is -0.104 e. The monoisotopic (exact) mass is 382 g/mol. The Morgan fingerprint density at radius 1 is 0.680 bits per heavy atom. The van der Waals surface area contributed by atoms with E-state index >= 15 is 0 Å². The van der Waals surface area contributed by atoms with E-state index in [4.69, 9.17) is 0 Å². The second kappa shape index (κ2) is 10.4. The first-order chi connectivity index (χ1) is 12.3. The van der Waals surface area contributed by atoms with Crippen LogP contribution in [-0.4, -0.2) is 35.0 Å². The summed E-state index contributed by atoms with van der Waals surface area (Å²) in [6.45, 7) is 7.73. The van der Waals surface area contributed by atoms with E-state index in [2.05, 4.69) is 20.8 Å². The lowest BCUT2D eigenvalue weighted by atomic mass is 9.99. The SMILES string of the molecule is CCP(CC)[C@H]1CCCC1C(C)P(C1CCCCC1)C1CCCCC1. The Morgan fingerprint density at radius 3 is 1.68 bits per heavy atom. The van der Waals surface area contributed by atoms with Crippen LogP contribution in [0.1, 0.15) is 104 Å². The van der Waals surface area contributed by atoms with Gasteiger partial charge in [0.05, 0.1) is 0 Å². The summed E-state index contributed by atoms with van der Waals surface area (Å²) in [5.41, 5.74) is 4.52. The minimum atomic E-state index is 0.280. The van der Waals surface area contributed by atoms with Gasteiger partial charge in [0, 0.05) is 0 Å². The summed E-state index contributed by atoms with van der Waals surface area (Å²) in [5.74, 6) is 1.11. The van der Waals surface area contributed by atoms with E-state index in [0.29, 0.717) is 7.92 Å². The molecule has 0 heterocycles. The molecule has 2 heteroatoms. The van der Waals surface area contributed by atoms with Crippen LogP contribution in [0.2, 0.25) is 0 Å². The third kappa shape index (κ3) is 5.02. The highest BCUT2D eigenvalue weighted by Crippen LogP contribution is 2.64. The lowest BCUT2D eigenvalue weighted by Crippen LogP contribution is -2.32. The maximum atomic E-state index is 2.76. The van der Waals surface area contributed by atoms with Crippen molar-refractivity contribution < 1.29 is 0 Å². The zero-order chi connectivity index (χ0) is 17.6. The van der Waals surface area contributed by atoms with Crippen LogP contribution in [0.4, 0.5) is 0 Å². The van der Waals surface area contributed by atoms with Gasteiger partial charge in [-0.05, 0) is 79.4 Å². The highest BCUT2D eigenvalue weighted by molar-refractivity contribution is 7.60. The Hall–Kier alpha value is 0.860. The van der Waals surface area contributed by atoms with Gasteiger partial charge in [0.25, 0.3) is 0 Å². The molecule has 3 fully saturated rings. The van der Waals surface area contributed by atoms with Crippen molar-refractivity contribution in [3.05, 3.63) is 0 Å². The molecule has 0 amide bonds. The average Bonchev–Trinajstić information content (AvgIpc) is 3.14. The molecule has 0 N–H and O–H groups in total. The maximum Gasteiger partial charge on any atom is -0.0175 e. The van der Waals surface area contributed by atoms with Crippen molar-refractivity contribution in [2.75, 3.05) is 12.3 Å². The number of hydrogen-bond acceptors (Lipinski definition) is 0. The van der Waals surface area contributed by atoms with Gasteiger partial charge >= 0.3 is 0 Å². The van der Waals surface area contributed by atoms with Crippen molar-refractivity contribution >= 4 is 15.8 Å². The third-order valence-electron chi connectivity index (χ3n) is 7.90. The van der Waals surface area contributed by atoms with E-state index in [1.807, 2.05) is 0 Å². The molecule has 0 aliphatic heterocycles. The van der Waals surface area contributed by atoms with Gasteiger partial charge in [0.15, 0.2) is 0 Å². The Labute approximate surface area is 161 Å². The van der Waals surface area contributed by atoms with Crippen molar-refractivity contribution in [1.29, 1.82) is 0 Å². The molecule has 3 atom stereocenters. The summed E-state index contributed by atoms with van der Waals surface area (Å²) in [5, 5.41) is 0. The third-order valence-corrected chi connectivity index (χ3v) is 15.1. The fourth-order valence-electron chi connectivity index (χ4n) is 6.62. The van der Waals surface area contributed by atoms with Gasteiger partial charge in [-0.2, -0.15) is 0 Å². The molecule has 0 spiro atoms. The first kappa shape index (κ1) is 20.6. The van der Waals surface area contributed by atoms with Gasteiger partial charge in [-0.1, -0.05) is 73.6 Å². The summed E-state index contributed by atoms with van der Waals surface area (Å²) in [4.78, 5) is 0. The summed E-state index contributed by atoms with van der Waals surface area (Å²) in [6, 6.07) is 0. The van der Waals surface area contributed by atoms with Crippen molar-refractivity contribution in [2.24, 2.45) is 5.92 Å². The van der Waals surface area contributed by atoms with Crippen molar-refractivity contribution in [3.8, 4) is 0 Å². The van der Waals surface area contributed by atoms with Gasteiger partial charge in [0.2, 0.25) is 0 Å². The van der Waals surface area contributed by atoms with Crippen molar-refractivity contribution in [1.82, 2.24) is 0 Å². The Bertz CT molecular complexity index is 348. The molecule has 0 aromatic rings. The molecule has 3 aliphatic rings. The van der Waals surface area contributed by atoms with Crippen molar-refractivity contribution in [2.45, 2.75) is 127 Å². The molecule has 3 saturated carbocycles. The molecule has 0 radical (unpaired) electrons. The zero-order valence-corrected chi connectivity index (χ0v) is 19.2. The molecule has 3 aliphatic carbocycles. The van der Waals surface area contributed by atoms with Gasteiger partial charge in [-0.25, -0.2) is 0 Å². The standard InChI is InChI=1S/C23H44P2/c1-4-24(5-2)23-18-12-17-22(23)19(3)25(20-13-8-6-9-14-20)21-15-10-7-11-16-21/h19-23H,4-18H2,1-3H3/t19?,22?,23-/m0/s1. The highest BCUT2D eigenvalue weighted by atomic mass is 31.1. The number of hydrogen-bond donors (Lipinski definition) is 0. The lowest BCUT2D eigenvalue weighted by molar-refractivity contribution is 0.466. The second-order valence-corrected chi connectivity index (χ2v) is 15.4. The molecule has 3 rings (SSSR count). The predicted octanol–water partition coefficient (Wildman–Crippen LogP) is 8.21. The van der Waals surface area contributed by atoms with Crippen LogP contribution >= 0.6 is 15.8 Å². The van der Waals surface area contributed by atoms with E-state index in [1.165, 1.54) is 25.2 Å². The lowest BCUT2D eigenvalue weighted by Gasteiger charge is -2.45. The van der Waals surface area contributed by atoms with Gasteiger partial charge in [0.1, 0.15) is 0 Å². The first-order valence-corrected chi connectivity index (χ1v) is 15.1. The van der Waals surface area contributed by atoms with Crippen LogP contribution in [0.15, 0.2) is 0 Å². The molecule has 25 heavy (non-hydrogen) atoms. The molecule has 2 unspecified atom stereocenters. The Kier molecular flexibility index (Phi) is 8.58. The Balaban J connectivity index is 1.76. The smallest absolute Gasteiger partial charge is 0.0175 e. The molecular formula is C23H44P2. The summed E-state index contributed by atoms with van der Waals surface area (Å²) in [7, 11) is 0.601. The van der Waals surface area contributed by atoms with E-state index in [9.17, 15) is 0 Å². The van der Waals surface area contributed by atoms with Crippen molar-refractivity contribution in [3.63, 3.8) is 0 Å². The van der Waals surface area contributed by atoms with Gasteiger partial charge in [-0.3, -0.25) is 0 Å². The fourth-order valence-corrected chi connectivity index (χ4v) is 14.3. The summed E-state index contributed by atoms with van der Waals surface area (Å²) in [6.07, 6.45) is 23.4. The molecule has 0 nitrogen and oxygen atoms in total. The molecule has 146 valence electrons. The van der Waals surface area contributed by atoms with Crippen LogP contribution in [0.3, 0.4) is 0 Å². The first-order valence-electron chi connectivity index (χ1n) is 11.8. The maximum absolute atomic E-state index is 2.76. The van der Waals surface area contributed by atoms with Crippen LogP contribution in [0, 0.1) is 5.92 Å². The van der Waals surface area contributed by atoms with E-state index in [1.54, 1.807) is 70.6 Å². The van der Waals surface area contributed by atoms with Crippen LogP contribution < -0.4 is 0 Å². The van der Waals surface area contributed by atoms with E-state index in [-0.39, 0.29) is 7.92 Å². The van der Waals surface area contributed by atoms with Crippen LogP contribution in [0.25, 0.3) is 0 Å². The van der Waals surface area contributed by atoms with Crippen LogP contribution in [0.5, 0.6) is 0 Å². The molecule has 0 bridgehead atoms. The largest absolute Gasteiger partial charge is 0.104 e. The topological polar surface area (TPSA) is 0 Å². The normalized spacial score (nSPS) is 31.1. The fraction of sp³-hybridized carbons (Fsp3) is 1.00. The molecule has 0 aromatic heterocycles. The van der Waals surface area contributed by atoms with E-state index in [0.717, 1.165) is 28.6 Å². The number of rotatable bonds is 7. The predicted molar refractivity (Wildman–Crippen MR) is 119 cm³/mol. The zero-order valence-electron chi connectivity index (χ0n) is 17.4. The van der Waals surface area contributed by atoms with Crippen LogP contribution in [-0.2, 0) is 0 Å². The molecule has 0 aromatic carbocycles. The van der Waals surface area contributed by atoms with E-state index < -0.39 is 0 Å². The summed E-state index contributed by atoms with van der Waals surface area (Å²) >= 11 is 0. The second-order valence-electron chi connectivity index (χ2n) is 9.15. The quantitative estimate of drug-likeness (QED) is 0.389.